The normalized spacial score (nSPS) is 11.8. The molecule has 100 valence electrons. The van der Waals surface area contributed by atoms with Crippen molar-refractivity contribution in [1.29, 1.82) is 0 Å². The van der Waals surface area contributed by atoms with Crippen molar-refractivity contribution < 1.29 is 17.6 Å². The molecule has 0 aliphatic heterocycles. The Kier molecular flexibility index (Phi) is 3.47. The Hall–Kier alpha value is -2.42. The van der Waals surface area contributed by atoms with Crippen molar-refractivity contribution in [2.24, 2.45) is 5.10 Å². The van der Waals surface area contributed by atoms with E-state index in [0.29, 0.717) is 5.69 Å². The van der Waals surface area contributed by atoms with Gasteiger partial charge in [-0.05, 0) is 17.0 Å². The fourth-order valence-corrected chi connectivity index (χ4v) is 2.11. The summed E-state index contributed by atoms with van der Waals surface area (Å²) in [6.07, 6.45) is 1.06. The van der Waals surface area contributed by atoms with Gasteiger partial charge in [0, 0.05) is 6.92 Å². The van der Waals surface area contributed by atoms with Crippen LogP contribution in [0.15, 0.2) is 45.0 Å². The third-order valence-electron chi connectivity index (χ3n) is 2.28. The van der Waals surface area contributed by atoms with Gasteiger partial charge in [0.15, 0.2) is 10.3 Å². The van der Waals surface area contributed by atoms with Crippen LogP contribution >= 0.6 is 0 Å². The minimum atomic E-state index is -3.74. The van der Waals surface area contributed by atoms with Crippen LogP contribution < -0.4 is 9.43 Å². The summed E-state index contributed by atoms with van der Waals surface area (Å²) < 4.78 is 28.2. The predicted molar refractivity (Wildman–Crippen MR) is 65.5 cm³/mol. The minimum Gasteiger partial charge on any atom is -0.200 e. The second kappa shape index (κ2) is 5.06. The Bertz CT molecular complexity index is 745. The molecule has 8 nitrogen and oxygen atoms in total. The first-order valence-corrected chi connectivity index (χ1v) is 6.70. The zero-order valence-corrected chi connectivity index (χ0v) is 10.7. The van der Waals surface area contributed by atoms with E-state index in [-0.39, 0.29) is 15.2 Å². The Balaban J connectivity index is 2.18. The van der Waals surface area contributed by atoms with E-state index in [9.17, 15) is 13.3 Å². The van der Waals surface area contributed by atoms with Crippen LogP contribution in [0.5, 0.6) is 0 Å². The molecule has 2 N–H and O–H groups in total. The number of hydrogen-bond acceptors (Lipinski definition) is 5. The van der Waals surface area contributed by atoms with E-state index in [1.807, 2.05) is 4.83 Å². The molecular weight excluding hydrogens is 272 g/mol. The maximum Gasteiger partial charge on any atom is 0.287 e. The molecule has 9 heteroatoms. The van der Waals surface area contributed by atoms with Crippen molar-refractivity contribution in [3.63, 3.8) is 0 Å². The second-order valence-electron chi connectivity index (χ2n) is 3.63. The highest BCUT2D eigenvalue weighted by molar-refractivity contribution is 7.89. The van der Waals surface area contributed by atoms with Crippen molar-refractivity contribution in [2.45, 2.75) is 11.8 Å². The fraction of sp³-hybridized carbons (Fsp3) is 0.100. The van der Waals surface area contributed by atoms with Crippen LogP contribution in [0.4, 0.5) is 0 Å². The quantitative estimate of drug-likeness (QED) is 0.614. The van der Waals surface area contributed by atoms with Gasteiger partial charge in [-0.15, -0.1) is 0 Å². The van der Waals surface area contributed by atoms with Crippen LogP contribution in [0.25, 0.3) is 0 Å². The average molecular weight is 283 g/mol. The number of rotatable bonds is 4. The minimum absolute atomic E-state index is 0.0794. The molecule has 1 aromatic carbocycles. The molecule has 0 saturated heterocycles. The number of benzene rings is 1. The highest BCUT2D eigenvalue weighted by atomic mass is 32.2. The molecule has 0 unspecified atom stereocenters. The molecule has 0 spiro atoms. The van der Waals surface area contributed by atoms with Crippen molar-refractivity contribution >= 4 is 16.2 Å². The molecule has 2 aromatic rings. The number of aryl methyl sites for hydroxylation is 1. The Morgan fingerprint density at radius 3 is 2.63 bits per heavy atom. The van der Waals surface area contributed by atoms with Gasteiger partial charge in [0.1, 0.15) is 6.21 Å². The molecule has 0 aliphatic rings. The van der Waals surface area contributed by atoms with Gasteiger partial charge in [-0.2, -0.15) is 18.4 Å². The largest absolute Gasteiger partial charge is 0.287 e. The highest BCUT2D eigenvalue weighted by Crippen LogP contribution is 2.06. The number of hydrazone groups is 1. The smallest absolute Gasteiger partial charge is 0.200 e. The molecular formula is C10H11N4O4S+. The number of aromatic nitrogens is 2. The van der Waals surface area contributed by atoms with E-state index in [1.54, 1.807) is 25.1 Å². The zero-order chi connectivity index (χ0) is 13.9. The van der Waals surface area contributed by atoms with Gasteiger partial charge in [0.05, 0.1) is 4.90 Å². The number of aromatic amines is 1. The number of sulfonamides is 1. The molecule has 2 rings (SSSR count). The molecule has 0 aliphatic carbocycles. The summed E-state index contributed by atoms with van der Waals surface area (Å²) >= 11 is 0. The van der Waals surface area contributed by atoms with E-state index in [4.69, 9.17) is 0 Å². The molecule has 19 heavy (non-hydrogen) atoms. The summed E-state index contributed by atoms with van der Waals surface area (Å²) in [6, 6.07) is 7.76. The Labute approximate surface area is 108 Å². The second-order valence-corrected chi connectivity index (χ2v) is 5.29. The van der Waals surface area contributed by atoms with Gasteiger partial charge in [0.2, 0.25) is 0 Å². The first-order chi connectivity index (χ1) is 9.00. The molecule has 1 heterocycles. The fourth-order valence-electron chi connectivity index (χ4n) is 1.30. The van der Waals surface area contributed by atoms with E-state index < -0.39 is 10.0 Å². The lowest BCUT2D eigenvalue weighted by Gasteiger charge is -2.01. The van der Waals surface area contributed by atoms with Crippen LogP contribution in [-0.4, -0.2) is 19.8 Å². The SMILES string of the molecule is Cc1[nH]o[n+](=O)c1/C=N\NS(=O)(=O)c1ccccc1. The molecule has 0 amide bonds. The van der Waals surface area contributed by atoms with Gasteiger partial charge in [-0.3, -0.25) is 0 Å². The number of nitrogens with one attached hydrogen (secondary N) is 2. The summed E-state index contributed by atoms with van der Waals surface area (Å²) in [7, 11) is -3.74. The lowest BCUT2D eigenvalue weighted by atomic mass is 10.4. The van der Waals surface area contributed by atoms with Crippen molar-refractivity contribution in [3.8, 4) is 0 Å². The number of nitrogens with zero attached hydrogens (tertiary/aromatic N) is 2. The number of H-pyrrole nitrogens is 1. The summed E-state index contributed by atoms with van der Waals surface area (Å²) in [5.41, 5.74) is 0.508. The van der Waals surface area contributed by atoms with Gasteiger partial charge in [0.25, 0.3) is 15.7 Å². The summed E-state index contributed by atoms with van der Waals surface area (Å²) in [5.74, 6) is 0. The van der Waals surface area contributed by atoms with Crippen molar-refractivity contribution in [3.05, 3.63) is 46.6 Å². The zero-order valence-electron chi connectivity index (χ0n) is 9.90. The molecule has 0 radical (unpaired) electrons. The van der Waals surface area contributed by atoms with Gasteiger partial charge in [-0.1, -0.05) is 28.0 Å². The van der Waals surface area contributed by atoms with E-state index in [2.05, 4.69) is 14.9 Å². The summed E-state index contributed by atoms with van der Waals surface area (Å²) in [5, 5.41) is 5.84. The van der Waals surface area contributed by atoms with Gasteiger partial charge in [-0.25, -0.2) is 0 Å². The third kappa shape index (κ3) is 2.88. The molecule has 1 aromatic heterocycles. The first-order valence-electron chi connectivity index (χ1n) is 5.22. The van der Waals surface area contributed by atoms with Crippen LogP contribution in [0.3, 0.4) is 0 Å². The highest BCUT2D eigenvalue weighted by Gasteiger charge is 2.15. The van der Waals surface area contributed by atoms with Crippen molar-refractivity contribution in [1.82, 2.24) is 9.99 Å². The van der Waals surface area contributed by atoms with Crippen LogP contribution in [0.2, 0.25) is 0 Å². The third-order valence-corrected chi connectivity index (χ3v) is 3.51. The maximum absolute atomic E-state index is 11.8. The molecule has 0 fully saturated rings. The lowest BCUT2D eigenvalue weighted by Crippen LogP contribution is -2.21. The standard InChI is InChI=1S/C10H11N4O4S/c1-8-10(14(15)18-12-8)7-11-13-19(16,17)9-5-3-2-4-6-9/h2-7,12-13H,1H3/q+1/b11-7-. The predicted octanol–water partition coefficient (Wildman–Crippen LogP) is 0.143. The van der Waals surface area contributed by atoms with Crippen LogP contribution in [-0.2, 0) is 10.0 Å². The van der Waals surface area contributed by atoms with E-state index >= 15 is 0 Å². The molecule has 0 bridgehead atoms. The van der Waals surface area contributed by atoms with E-state index in [0.717, 1.165) is 6.21 Å². The topological polar surface area (TPSA) is 110 Å². The molecule has 0 atom stereocenters. The monoisotopic (exact) mass is 283 g/mol. The van der Waals surface area contributed by atoms with Gasteiger partial charge >= 0.3 is 0 Å². The maximum atomic E-state index is 11.8. The van der Waals surface area contributed by atoms with E-state index in [1.165, 1.54) is 12.1 Å². The number of hydrogen-bond donors (Lipinski definition) is 2. The van der Waals surface area contributed by atoms with Crippen molar-refractivity contribution in [2.75, 3.05) is 0 Å². The van der Waals surface area contributed by atoms with Gasteiger partial charge < -0.3 is 0 Å². The summed E-state index contributed by atoms with van der Waals surface area (Å²) in [4.78, 5) is 13.2. The average Bonchev–Trinajstić information content (AvgIpc) is 2.71. The summed E-state index contributed by atoms with van der Waals surface area (Å²) in [6.45, 7) is 1.59. The van der Waals surface area contributed by atoms with Crippen LogP contribution in [0, 0.1) is 11.8 Å². The lowest BCUT2D eigenvalue weighted by molar-refractivity contribution is -0.713. The Morgan fingerprint density at radius 2 is 2.05 bits per heavy atom. The van der Waals surface area contributed by atoms with Crippen LogP contribution in [0.1, 0.15) is 11.4 Å². The molecule has 0 saturated carbocycles. The first kappa shape index (κ1) is 13.0. The Morgan fingerprint density at radius 1 is 1.37 bits per heavy atom.